The van der Waals surface area contributed by atoms with Gasteiger partial charge in [0.25, 0.3) is 0 Å². The Bertz CT molecular complexity index is 322. The van der Waals surface area contributed by atoms with Gasteiger partial charge in [-0.1, -0.05) is 12.8 Å². The molecular weight excluding hydrogens is 268 g/mol. The molecule has 8 nitrogen and oxygen atoms in total. The van der Waals surface area contributed by atoms with Crippen LogP contribution in [-0.2, 0) is 19.2 Å². The standard InChI is InChI=1S/C12H20N2O6/c15-9(13-7-11(17)18)5-3-1-2-4-6-10(16)14-8-12(19)20/h1-8H2,(H,13,15)(H,14,16)(H,17,18)(H,19,20). The molecule has 0 atom stereocenters. The van der Waals surface area contributed by atoms with Crippen LogP contribution in [0.25, 0.3) is 0 Å². The van der Waals surface area contributed by atoms with Gasteiger partial charge in [0.2, 0.25) is 11.8 Å². The number of hydrogen-bond donors (Lipinski definition) is 4. The van der Waals surface area contributed by atoms with Gasteiger partial charge in [0.15, 0.2) is 0 Å². The van der Waals surface area contributed by atoms with Gasteiger partial charge in [-0.25, -0.2) is 0 Å². The van der Waals surface area contributed by atoms with Crippen molar-refractivity contribution in [1.82, 2.24) is 10.6 Å². The average Bonchev–Trinajstić information content (AvgIpc) is 2.37. The average molecular weight is 288 g/mol. The van der Waals surface area contributed by atoms with Gasteiger partial charge in [-0.15, -0.1) is 0 Å². The molecule has 0 rings (SSSR count). The number of carbonyl (C=O) groups excluding carboxylic acids is 2. The van der Waals surface area contributed by atoms with Crippen molar-refractivity contribution in [2.75, 3.05) is 13.1 Å². The highest BCUT2D eigenvalue weighted by Crippen LogP contribution is 2.05. The van der Waals surface area contributed by atoms with Crippen molar-refractivity contribution >= 4 is 23.8 Å². The Hall–Kier alpha value is -2.12. The zero-order chi connectivity index (χ0) is 15.4. The SMILES string of the molecule is O=C(O)CNC(=O)CCCCCCC(=O)NCC(=O)O. The van der Waals surface area contributed by atoms with Gasteiger partial charge < -0.3 is 20.8 Å². The normalized spacial score (nSPS) is 9.80. The number of nitrogens with one attached hydrogen (secondary N) is 2. The van der Waals surface area contributed by atoms with Crippen LogP contribution in [0.4, 0.5) is 0 Å². The number of carboxylic acids is 2. The predicted octanol–water partition coefficient (Wildman–Crippen LogP) is -0.271. The Kier molecular flexibility index (Phi) is 9.63. The van der Waals surface area contributed by atoms with Crippen molar-refractivity contribution in [3.63, 3.8) is 0 Å². The van der Waals surface area contributed by atoms with E-state index in [4.69, 9.17) is 10.2 Å². The summed E-state index contributed by atoms with van der Waals surface area (Å²) in [5.74, 6) is -2.75. The monoisotopic (exact) mass is 288 g/mol. The number of aliphatic carboxylic acids is 2. The second-order valence-electron chi connectivity index (χ2n) is 4.26. The molecule has 4 N–H and O–H groups in total. The van der Waals surface area contributed by atoms with E-state index in [2.05, 4.69) is 10.6 Å². The van der Waals surface area contributed by atoms with Crippen molar-refractivity contribution in [2.45, 2.75) is 38.5 Å². The van der Waals surface area contributed by atoms with Crippen molar-refractivity contribution in [1.29, 1.82) is 0 Å². The third kappa shape index (κ3) is 12.3. The molecule has 0 saturated carbocycles. The van der Waals surface area contributed by atoms with Crippen LogP contribution in [-0.4, -0.2) is 47.1 Å². The number of unbranched alkanes of at least 4 members (excludes halogenated alkanes) is 3. The molecule has 114 valence electrons. The lowest BCUT2D eigenvalue weighted by Crippen LogP contribution is -2.29. The van der Waals surface area contributed by atoms with Crippen molar-refractivity contribution in [3.05, 3.63) is 0 Å². The summed E-state index contributed by atoms with van der Waals surface area (Å²) in [5, 5.41) is 21.2. The first-order valence-corrected chi connectivity index (χ1v) is 6.39. The van der Waals surface area contributed by atoms with E-state index in [0.29, 0.717) is 12.8 Å². The smallest absolute Gasteiger partial charge is 0.322 e. The minimum Gasteiger partial charge on any atom is -0.480 e. The highest BCUT2D eigenvalue weighted by Gasteiger charge is 2.05. The van der Waals surface area contributed by atoms with E-state index in [0.717, 1.165) is 12.8 Å². The summed E-state index contributed by atoms with van der Waals surface area (Å²) in [6.07, 6.45) is 3.29. The van der Waals surface area contributed by atoms with Gasteiger partial charge >= 0.3 is 11.9 Å². The fourth-order valence-electron chi connectivity index (χ4n) is 1.45. The van der Waals surface area contributed by atoms with Gasteiger partial charge in [-0.2, -0.15) is 0 Å². The molecule has 0 saturated heterocycles. The number of hydrogen-bond acceptors (Lipinski definition) is 4. The first-order chi connectivity index (χ1) is 9.41. The Labute approximate surface area is 116 Å². The second-order valence-corrected chi connectivity index (χ2v) is 4.26. The molecule has 0 aliphatic carbocycles. The number of rotatable bonds is 11. The van der Waals surface area contributed by atoms with E-state index in [1.165, 1.54) is 0 Å². The fraction of sp³-hybridized carbons (Fsp3) is 0.667. The Morgan fingerprint density at radius 2 is 1.00 bits per heavy atom. The molecule has 20 heavy (non-hydrogen) atoms. The van der Waals surface area contributed by atoms with Crippen LogP contribution < -0.4 is 10.6 Å². The molecule has 0 radical (unpaired) electrons. The van der Waals surface area contributed by atoms with E-state index in [9.17, 15) is 19.2 Å². The lowest BCUT2D eigenvalue weighted by atomic mass is 10.1. The van der Waals surface area contributed by atoms with Crippen LogP contribution in [0.1, 0.15) is 38.5 Å². The number of amides is 2. The zero-order valence-electron chi connectivity index (χ0n) is 11.2. The first kappa shape index (κ1) is 17.9. The van der Waals surface area contributed by atoms with Crippen LogP contribution in [0.3, 0.4) is 0 Å². The molecule has 0 aliphatic heterocycles. The predicted molar refractivity (Wildman–Crippen MR) is 69.0 cm³/mol. The van der Waals surface area contributed by atoms with Gasteiger partial charge in [0.1, 0.15) is 13.1 Å². The molecular formula is C12H20N2O6. The number of carboxylic acid groups (broad SMARTS) is 2. The maximum Gasteiger partial charge on any atom is 0.322 e. The maximum absolute atomic E-state index is 11.1. The van der Waals surface area contributed by atoms with Crippen molar-refractivity contribution in [3.8, 4) is 0 Å². The van der Waals surface area contributed by atoms with Gasteiger partial charge in [-0.3, -0.25) is 19.2 Å². The Morgan fingerprint density at radius 1 is 0.650 bits per heavy atom. The van der Waals surface area contributed by atoms with Crippen LogP contribution in [0.5, 0.6) is 0 Å². The van der Waals surface area contributed by atoms with Crippen LogP contribution in [0.2, 0.25) is 0 Å². The zero-order valence-corrected chi connectivity index (χ0v) is 11.2. The van der Waals surface area contributed by atoms with Gasteiger partial charge in [0.05, 0.1) is 0 Å². The van der Waals surface area contributed by atoms with Crippen molar-refractivity contribution in [2.24, 2.45) is 0 Å². The van der Waals surface area contributed by atoms with Crippen LogP contribution in [0, 0.1) is 0 Å². The molecule has 0 fully saturated rings. The largest absolute Gasteiger partial charge is 0.480 e. The summed E-state index contributed by atoms with van der Waals surface area (Å²) >= 11 is 0. The highest BCUT2D eigenvalue weighted by molar-refractivity contribution is 5.81. The lowest BCUT2D eigenvalue weighted by molar-refractivity contribution is -0.138. The summed E-state index contributed by atoms with van der Waals surface area (Å²) < 4.78 is 0. The minimum absolute atomic E-state index is 0.262. The highest BCUT2D eigenvalue weighted by atomic mass is 16.4. The Morgan fingerprint density at radius 3 is 1.30 bits per heavy atom. The van der Waals surface area contributed by atoms with Gasteiger partial charge in [0, 0.05) is 12.8 Å². The quantitative estimate of drug-likeness (QED) is 0.387. The molecule has 0 aromatic rings. The molecule has 2 amide bonds. The first-order valence-electron chi connectivity index (χ1n) is 6.39. The van der Waals surface area contributed by atoms with Crippen molar-refractivity contribution < 1.29 is 29.4 Å². The fourth-order valence-corrected chi connectivity index (χ4v) is 1.45. The number of carbonyl (C=O) groups is 4. The summed E-state index contributed by atoms with van der Waals surface area (Å²) in [5.41, 5.74) is 0. The third-order valence-electron chi connectivity index (χ3n) is 2.43. The Balaban J connectivity index is 3.39. The van der Waals surface area contributed by atoms with Crippen LogP contribution in [0.15, 0.2) is 0 Å². The molecule has 0 bridgehead atoms. The van der Waals surface area contributed by atoms with E-state index >= 15 is 0 Å². The van der Waals surface area contributed by atoms with E-state index in [1.807, 2.05) is 0 Å². The van der Waals surface area contributed by atoms with Crippen LogP contribution >= 0.6 is 0 Å². The molecule has 8 heteroatoms. The summed E-state index contributed by atoms with van der Waals surface area (Å²) in [6, 6.07) is 0. The van der Waals surface area contributed by atoms with E-state index in [-0.39, 0.29) is 37.7 Å². The minimum atomic E-state index is -1.08. The molecule has 0 aromatic heterocycles. The summed E-state index contributed by atoms with van der Waals surface area (Å²) in [7, 11) is 0. The van der Waals surface area contributed by atoms with E-state index < -0.39 is 11.9 Å². The summed E-state index contributed by atoms with van der Waals surface area (Å²) in [4.78, 5) is 42.7. The molecule has 0 aromatic carbocycles. The summed E-state index contributed by atoms with van der Waals surface area (Å²) in [6.45, 7) is -0.745. The second kappa shape index (κ2) is 10.8. The van der Waals surface area contributed by atoms with E-state index in [1.54, 1.807) is 0 Å². The topological polar surface area (TPSA) is 133 Å². The molecule has 0 unspecified atom stereocenters. The molecule has 0 aliphatic rings. The maximum atomic E-state index is 11.1. The third-order valence-corrected chi connectivity index (χ3v) is 2.43. The molecule has 0 heterocycles. The lowest BCUT2D eigenvalue weighted by Gasteiger charge is -2.03. The molecule has 0 spiro atoms. The van der Waals surface area contributed by atoms with Gasteiger partial charge in [-0.05, 0) is 12.8 Å².